The van der Waals surface area contributed by atoms with Gasteiger partial charge in [0, 0.05) is 37.9 Å². The number of hydrogen-bond acceptors (Lipinski definition) is 5. The van der Waals surface area contributed by atoms with Crippen molar-refractivity contribution in [3.8, 4) is 5.75 Å². The predicted molar refractivity (Wildman–Crippen MR) is 83.5 cm³/mol. The van der Waals surface area contributed by atoms with E-state index in [0.29, 0.717) is 5.92 Å². The minimum Gasteiger partial charge on any atom is -0.497 e. The summed E-state index contributed by atoms with van der Waals surface area (Å²) in [6.07, 6.45) is 3.90. The van der Waals surface area contributed by atoms with Crippen LogP contribution in [-0.4, -0.2) is 53.7 Å². The molecule has 1 fully saturated rings. The van der Waals surface area contributed by atoms with Crippen LogP contribution in [-0.2, 0) is 11.3 Å². The molecule has 2 atom stereocenters. The Kier molecular flexibility index (Phi) is 6.15. The first-order chi connectivity index (χ1) is 10.7. The fraction of sp³-hybridized carbons (Fsp3) is 0.625. The van der Waals surface area contributed by atoms with Crippen molar-refractivity contribution in [2.24, 2.45) is 5.92 Å². The van der Waals surface area contributed by atoms with Gasteiger partial charge in [-0.25, -0.2) is 0 Å². The molecule has 2 N–H and O–H groups in total. The van der Waals surface area contributed by atoms with Gasteiger partial charge >= 0.3 is 0 Å². The number of ether oxygens (including phenoxy) is 1. The maximum absolute atomic E-state index is 11.5. The van der Waals surface area contributed by atoms with Gasteiger partial charge in [-0.3, -0.25) is 14.7 Å². The molecule has 1 aromatic rings. The standard InChI is InChI=1S/C16H25N3O3/c1-3-4-12-8-19(10-15(12)18-16(21)11-20)9-13-7-14(22-2)5-6-17-13/h5-7,12,15,20H,3-4,8-11H2,1-2H3,(H,18,21)/t12-,15-/m0/s1. The lowest BCUT2D eigenvalue weighted by Gasteiger charge is -2.18. The smallest absolute Gasteiger partial charge is 0.245 e. The summed E-state index contributed by atoms with van der Waals surface area (Å²) in [6, 6.07) is 3.87. The number of nitrogens with zero attached hydrogens (tertiary/aromatic N) is 2. The third kappa shape index (κ3) is 4.42. The topological polar surface area (TPSA) is 74.7 Å². The molecule has 22 heavy (non-hydrogen) atoms. The van der Waals surface area contributed by atoms with E-state index < -0.39 is 6.61 Å². The molecule has 1 aliphatic heterocycles. The second-order valence-corrected chi connectivity index (χ2v) is 5.76. The maximum atomic E-state index is 11.5. The number of aromatic nitrogens is 1. The Bertz CT molecular complexity index is 495. The predicted octanol–water partition coefficient (Wildman–Crippen LogP) is 0.799. The molecule has 0 unspecified atom stereocenters. The van der Waals surface area contributed by atoms with Crippen molar-refractivity contribution in [3.05, 3.63) is 24.0 Å². The van der Waals surface area contributed by atoms with Crippen molar-refractivity contribution in [2.45, 2.75) is 32.4 Å². The van der Waals surface area contributed by atoms with Crippen LogP contribution in [0.3, 0.4) is 0 Å². The van der Waals surface area contributed by atoms with Crippen LogP contribution < -0.4 is 10.1 Å². The van der Waals surface area contributed by atoms with Crippen LogP contribution in [0.5, 0.6) is 5.75 Å². The summed E-state index contributed by atoms with van der Waals surface area (Å²) in [6.45, 7) is 4.16. The quantitative estimate of drug-likeness (QED) is 0.779. The highest BCUT2D eigenvalue weighted by atomic mass is 16.5. The Hall–Kier alpha value is -1.66. The SMILES string of the molecule is CCC[C@H]1CN(Cc2cc(OC)ccn2)C[C@@H]1NC(=O)CO. The number of carbonyl (C=O) groups excluding carboxylic acids is 1. The van der Waals surface area contributed by atoms with Gasteiger partial charge in [-0.15, -0.1) is 0 Å². The zero-order valence-electron chi connectivity index (χ0n) is 13.3. The van der Waals surface area contributed by atoms with Crippen LogP contribution in [0, 0.1) is 5.92 Å². The summed E-state index contributed by atoms with van der Waals surface area (Å²) < 4.78 is 5.22. The number of aliphatic hydroxyl groups is 1. The molecule has 1 aliphatic rings. The number of nitrogens with one attached hydrogen (secondary N) is 1. The summed E-state index contributed by atoms with van der Waals surface area (Å²) in [5.41, 5.74) is 0.962. The van der Waals surface area contributed by atoms with Crippen molar-refractivity contribution in [1.29, 1.82) is 0 Å². The number of likely N-dealkylation sites (tertiary alicyclic amines) is 1. The van der Waals surface area contributed by atoms with Crippen LogP contribution in [0.4, 0.5) is 0 Å². The Balaban J connectivity index is 1.98. The molecule has 1 amide bonds. The Morgan fingerprint density at radius 1 is 1.55 bits per heavy atom. The number of rotatable bonds is 7. The minimum atomic E-state index is -0.452. The van der Waals surface area contributed by atoms with Gasteiger partial charge < -0.3 is 15.2 Å². The monoisotopic (exact) mass is 307 g/mol. The molecule has 1 aromatic heterocycles. The van der Waals surface area contributed by atoms with Gasteiger partial charge in [0.25, 0.3) is 0 Å². The van der Waals surface area contributed by atoms with E-state index in [1.54, 1.807) is 13.3 Å². The Morgan fingerprint density at radius 3 is 3.05 bits per heavy atom. The number of pyridine rings is 1. The number of methoxy groups -OCH3 is 1. The second-order valence-electron chi connectivity index (χ2n) is 5.76. The molecule has 2 rings (SSSR count). The maximum Gasteiger partial charge on any atom is 0.245 e. The van der Waals surface area contributed by atoms with Gasteiger partial charge in [-0.2, -0.15) is 0 Å². The molecular weight excluding hydrogens is 282 g/mol. The van der Waals surface area contributed by atoms with Crippen LogP contribution in [0.2, 0.25) is 0 Å². The molecule has 6 heteroatoms. The summed E-state index contributed by atoms with van der Waals surface area (Å²) in [4.78, 5) is 18.1. The highest BCUT2D eigenvalue weighted by Gasteiger charge is 2.33. The van der Waals surface area contributed by atoms with Gasteiger partial charge in [-0.1, -0.05) is 13.3 Å². The molecule has 122 valence electrons. The van der Waals surface area contributed by atoms with Gasteiger partial charge in [0.1, 0.15) is 12.4 Å². The molecule has 0 spiro atoms. The molecular formula is C16H25N3O3. The van der Waals surface area contributed by atoms with Crippen molar-refractivity contribution in [2.75, 3.05) is 26.8 Å². The summed E-state index contributed by atoms with van der Waals surface area (Å²) in [5.74, 6) is 0.929. The molecule has 0 saturated carbocycles. The lowest BCUT2D eigenvalue weighted by Crippen LogP contribution is -2.41. The van der Waals surface area contributed by atoms with E-state index in [1.165, 1.54) is 0 Å². The van der Waals surface area contributed by atoms with Crippen LogP contribution in [0.15, 0.2) is 18.3 Å². The van der Waals surface area contributed by atoms with E-state index in [2.05, 4.69) is 22.1 Å². The lowest BCUT2D eigenvalue weighted by atomic mass is 9.98. The highest BCUT2D eigenvalue weighted by Crippen LogP contribution is 2.23. The number of amides is 1. The average Bonchev–Trinajstić information content (AvgIpc) is 2.89. The first-order valence-corrected chi connectivity index (χ1v) is 7.77. The van der Waals surface area contributed by atoms with E-state index in [-0.39, 0.29) is 11.9 Å². The minimum absolute atomic E-state index is 0.102. The van der Waals surface area contributed by atoms with Crippen molar-refractivity contribution in [3.63, 3.8) is 0 Å². The third-order valence-corrected chi connectivity index (χ3v) is 4.08. The van der Waals surface area contributed by atoms with Crippen LogP contribution in [0.1, 0.15) is 25.5 Å². The Morgan fingerprint density at radius 2 is 2.36 bits per heavy atom. The summed E-state index contributed by atoms with van der Waals surface area (Å²) >= 11 is 0. The first kappa shape index (κ1) is 16.7. The number of aliphatic hydroxyl groups excluding tert-OH is 1. The zero-order valence-corrected chi connectivity index (χ0v) is 13.3. The van der Waals surface area contributed by atoms with Gasteiger partial charge in [-0.05, 0) is 18.4 Å². The summed E-state index contributed by atoms with van der Waals surface area (Å²) in [7, 11) is 1.65. The highest BCUT2D eigenvalue weighted by molar-refractivity contribution is 5.77. The molecule has 6 nitrogen and oxygen atoms in total. The Labute approximate surface area is 131 Å². The average molecular weight is 307 g/mol. The third-order valence-electron chi connectivity index (χ3n) is 4.08. The van der Waals surface area contributed by atoms with Gasteiger partial charge in [0.15, 0.2) is 0 Å². The second kappa shape index (κ2) is 8.10. The van der Waals surface area contributed by atoms with E-state index in [0.717, 1.165) is 43.9 Å². The summed E-state index contributed by atoms with van der Waals surface area (Å²) in [5, 5.41) is 11.8. The fourth-order valence-electron chi connectivity index (χ4n) is 3.07. The van der Waals surface area contributed by atoms with E-state index in [1.807, 2.05) is 12.1 Å². The number of carbonyl (C=O) groups is 1. The van der Waals surface area contributed by atoms with Crippen LogP contribution in [0.25, 0.3) is 0 Å². The first-order valence-electron chi connectivity index (χ1n) is 7.77. The van der Waals surface area contributed by atoms with E-state index >= 15 is 0 Å². The molecule has 0 aliphatic carbocycles. The molecule has 2 heterocycles. The zero-order chi connectivity index (χ0) is 15.9. The lowest BCUT2D eigenvalue weighted by molar-refractivity contribution is -0.124. The van der Waals surface area contributed by atoms with E-state index in [9.17, 15) is 4.79 Å². The molecule has 1 saturated heterocycles. The van der Waals surface area contributed by atoms with Crippen molar-refractivity contribution >= 4 is 5.91 Å². The van der Waals surface area contributed by atoms with Crippen molar-refractivity contribution in [1.82, 2.24) is 15.2 Å². The van der Waals surface area contributed by atoms with E-state index in [4.69, 9.17) is 9.84 Å². The van der Waals surface area contributed by atoms with Gasteiger partial charge in [0.2, 0.25) is 5.91 Å². The van der Waals surface area contributed by atoms with Crippen molar-refractivity contribution < 1.29 is 14.6 Å². The molecule has 0 bridgehead atoms. The molecule has 0 aromatic carbocycles. The fourth-order valence-corrected chi connectivity index (χ4v) is 3.07. The van der Waals surface area contributed by atoms with Gasteiger partial charge in [0.05, 0.1) is 12.8 Å². The largest absolute Gasteiger partial charge is 0.497 e. The number of hydrogen-bond donors (Lipinski definition) is 2. The molecule has 0 radical (unpaired) electrons. The normalized spacial score (nSPS) is 21.8. The van der Waals surface area contributed by atoms with Crippen LogP contribution >= 0.6 is 0 Å².